The average molecular weight is 617 g/mol. The van der Waals surface area contributed by atoms with E-state index in [1.165, 1.54) is 45.8 Å². The van der Waals surface area contributed by atoms with E-state index in [0.717, 1.165) is 24.3 Å². The molecule has 0 saturated heterocycles. The summed E-state index contributed by atoms with van der Waals surface area (Å²) in [7, 11) is 0. The maximum atomic E-state index is 12.2. The third kappa shape index (κ3) is 13.0. The van der Waals surface area contributed by atoms with Gasteiger partial charge in [-0.2, -0.15) is 35.0 Å². The zero-order valence-electron chi connectivity index (χ0n) is 23.2. The largest absolute Gasteiger partial charge is 0.478 e. The number of fused-ring (bicyclic) bond motifs is 2. The summed E-state index contributed by atoms with van der Waals surface area (Å²) >= 11 is 2.27. The Balaban J connectivity index is 0.000000188. The van der Waals surface area contributed by atoms with E-state index in [0.29, 0.717) is 0 Å². The summed E-state index contributed by atoms with van der Waals surface area (Å²) in [4.78, 5) is 20.4. The zero-order valence-corrected chi connectivity index (χ0v) is 25.7. The first-order valence-electron chi connectivity index (χ1n) is 12.8. The van der Waals surface area contributed by atoms with E-state index in [2.05, 4.69) is 117 Å². The molecule has 0 bridgehead atoms. The fourth-order valence-electron chi connectivity index (χ4n) is 3.32. The van der Waals surface area contributed by atoms with Gasteiger partial charge in [-0.1, -0.05) is 12.1 Å². The topological polar surface area (TPSA) is 74.6 Å². The molecular weight excluding hydrogens is 586 g/mol. The Bertz CT molecular complexity index is 1500. The Hall–Kier alpha value is -4.17. The molecule has 0 aliphatic carbocycles. The van der Waals surface area contributed by atoms with E-state index >= 15 is 0 Å². The van der Waals surface area contributed by atoms with Gasteiger partial charge in [0.25, 0.3) is 0 Å². The van der Waals surface area contributed by atoms with Crippen molar-refractivity contribution in [2.75, 3.05) is 0 Å². The van der Waals surface area contributed by atoms with Crippen LogP contribution in [0.3, 0.4) is 0 Å². The molecule has 212 valence electrons. The van der Waals surface area contributed by atoms with Crippen LogP contribution in [-0.2, 0) is 19.2 Å². The predicted molar refractivity (Wildman–Crippen MR) is 163 cm³/mol. The van der Waals surface area contributed by atoms with Gasteiger partial charge in [0.1, 0.15) is 11.6 Å². The summed E-state index contributed by atoms with van der Waals surface area (Å²) in [5, 5.41) is 22.0. The third-order valence-electron chi connectivity index (χ3n) is 5.28. The van der Waals surface area contributed by atoms with Gasteiger partial charge in [0.2, 0.25) is 0 Å². The summed E-state index contributed by atoms with van der Waals surface area (Å²) in [5.41, 5.74) is 0.197. The van der Waals surface area contributed by atoms with Crippen molar-refractivity contribution >= 4 is 39.7 Å². The number of benzene rings is 4. The normalized spacial score (nSPS) is 9.48. The maximum Gasteiger partial charge on any atom is 0.335 e. The molecule has 6 aromatic rings. The van der Waals surface area contributed by atoms with Crippen molar-refractivity contribution in [2.45, 2.75) is 13.1 Å². The van der Waals surface area contributed by atoms with Gasteiger partial charge in [-0.05, 0) is 48.5 Å². The molecule has 0 fully saturated rings. The van der Waals surface area contributed by atoms with Gasteiger partial charge in [-0.25, -0.2) is 18.4 Å². The quantitative estimate of drug-likeness (QED) is 0.151. The zero-order chi connectivity index (χ0) is 30.9. The van der Waals surface area contributed by atoms with Crippen molar-refractivity contribution in [3.05, 3.63) is 156 Å². The van der Waals surface area contributed by atoms with Gasteiger partial charge in [-0.15, -0.1) is 59.3 Å². The van der Waals surface area contributed by atoms with Gasteiger partial charge in [-0.3, -0.25) is 0 Å². The monoisotopic (exact) mass is 616 g/mol. The van der Waals surface area contributed by atoms with Gasteiger partial charge in [0.05, 0.1) is 11.1 Å². The number of aromatic carboxylic acids is 2. The van der Waals surface area contributed by atoms with Crippen LogP contribution in [0, 0.1) is 11.6 Å². The summed E-state index contributed by atoms with van der Waals surface area (Å²) in [6.45, 7) is 4.54. The maximum absolute atomic E-state index is 12.2. The van der Waals surface area contributed by atoms with E-state index in [1.54, 1.807) is 0 Å². The van der Waals surface area contributed by atoms with Crippen LogP contribution in [0.2, 0.25) is 13.1 Å². The minimum Gasteiger partial charge on any atom is -0.478 e. The van der Waals surface area contributed by atoms with E-state index in [4.69, 9.17) is 10.2 Å². The molecule has 0 aliphatic rings. The molecule has 4 nitrogen and oxygen atoms in total. The number of rotatable bonds is 2. The van der Waals surface area contributed by atoms with Crippen molar-refractivity contribution in [3.8, 4) is 0 Å². The van der Waals surface area contributed by atoms with Crippen LogP contribution >= 0.6 is 0 Å². The van der Waals surface area contributed by atoms with Crippen LogP contribution < -0.4 is 0 Å². The molecule has 0 heterocycles. The summed E-state index contributed by atoms with van der Waals surface area (Å²) in [6, 6.07) is 38.7. The molecule has 0 spiro atoms. The van der Waals surface area contributed by atoms with E-state index in [9.17, 15) is 18.4 Å². The Morgan fingerprint density at radius 2 is 0.905 bits per heavy atom. The van der Waals surface area contributed by atoms with Crippen molar-refractivity contribution in [3.63, 3.8) is 0 Å². The second kappa shape index (κ2) is 18.3. The van der Waals surface area contributed by atoms with Crippen molar-refractivity contribution < 1.29 is 47.8 Å². The average Bonchev–Trinajstić information content (AvgIpc) is 3.64. The molecule has 0 unspecified atom stereocenters. The summed E-state index contributed by atoms with van der Waals surface area (Å²) < 4.78 is 24.3. The SMILES string of the molecule is C[Si](C)=[Ti+2].O=C(O)c1ccc(F)cc1.O=C(O)c1ccc(F)cc1.c1ccc2[cH-]ccc2c1.c1ccc2[cH-]ccc2c1. The van der Waals surface area contributed by atoms with Crippen LogP contribution in [0.1, 0.15) is 20.7 Å². The molecule has 0 radical (unpaired) electrons. The van der Waals surface area contributed by atoms with E-state index in [1.807, 2.05) is 0 Å². The molecule has 0 amide bonds. The molecule has 2 N–H and O–H groups in total. The van der Waals surface area contributed by atoms with Crippen LogP contribution in [0.15, 0.2) is 133 Å². The second-order valence-corrected chi connectivity index (χ2v) is 15.6. The standard InChI is InChI=1S/2C9H7.2C7H5FO2.C2H6Si.Ti/c2*1-2-5-9-7-3-6-8(9)4-1;2*8-6-3-1-5(2-4-6)7(9)10;1-3-2;/h2*1-7H;2*1-4H,(H,9,10);1-2H3;/q2*-1;;;;+2. The van der Waals surface area contributed by atoms with Crippen molar-refractivity contribution in [2.24, 2.45) is 0 Å². The predicted octanol–water partition coefficient (Wildman–Crippen LogP) is 8.95. The number of carboxylic acids is 2. The van der Waals surface area contributed by atoms with Crippen LogP contribution in [0.5, 0.6) is 0 Å². The van der Waals surface area contributed by atoms with Crippen molar-refractivity contribution in [1.82, 2.24) is 0 Å². The smallest absolute Gasteiger partial charge is 0.335 e. The number of hydrogen-bond acceptors (Lipinski definition) is 2. The van der Waals surface area contributed by atoms with Gasteiger partial charge >= 0.3 is 50.4 Å². The summed E-state index contributed by atoms with van der Waals surface area (Å²) in [5.74, 6) is -2.94. The first kappa shape index (κ1) is 34.0. The molecule has 0 aromatic heterocycles. The fraction of sp³-hybridized carbons (Fsp3) is 0.0588. The molecule has 42 heavy (non-hydrogen) atoms. The second-order valence-electron chi connectivity index (χ2n) is 8.93. The minimum atomic E-state index is -1.04. The van der Waals surface area contributed by atoms with Gasteiger partial charge < -0.3 is 10.2 Å². The van der Waals surface area contributed by atoms with E-state index in [-0.39, 0.29) is 17.3 Å². The molecule has 6 rings (SSSR count). The Kier molecular flexibility index (Phi) is 14.8. The van der Waals surface area contributed by atoms with E-state index < -0.39 is 23.6 Å². The summed E-state index contributed by atoms with van der Waals surface area (Å²) in [6.07, 6.45) is 0.120. The molecule has 6 aromatic carbocycles. The van der Waals surface area contributed by atoms with Crippen LogP contribution in [0.4, 0.5) is 8.78 Å². The Labute approximate surface area is 255 Å². The van der Waals surface area contributed by atoms with Gasteiger partial charge in [0, 0.05) is 0 Å². The number of halogens is 2. The molecule has 8 heteroatoms. The molecule has 0 saturated carbocycles. The number of hydrogen-bond donors (Lipinski definition) is 2. The van der Waals surface area contributed by atoms with Crippen molar-refractivity contribution in [1.29, 1.82) is 0 Å². The number of carboxylic acid groups (broad SMARTS) is 2. The minimum absolute atomic E-state index is 0.0985. The van der Waals surface area contributed by atoms with Crippen LogP contribution in [0.25, 0.3) is 21.5 Å². The Morgan fingerprint density at radius 1 is 0.595 bits per heavy atom. The number of carbonyl (C=O) groups is 2. The molecule has 0 atom stereocenters. The Morgan fingerprint density at radius 3 is 1.19 bits per heavy atom. The molecular formula is C34H30F2O4SiTi. The van der Waals surface area contributed by atoms with Gasteiger partial charge in [0.15, 0.2) is 0 Å². The first-order valence-corrected chi connectivity index (χ1v) is 17.6. The van der Waals surface area contributed by atoms with Crippen LogP contribution in [-0.4, -0.2) is 28.3 Å². The first-order chi connectivity index (χ1) is 20.1. The third-order valence-corrected chi connectivity index (χ3v) is 5.28. The fourth-order valence-corrected chi connectivity index (χ4v) is 3.32. The molecule has 0 aliphatic heterocycles.